The molecule has 2 nitrogen and oxygen atoms in total. The van der Waals surface area contributed by atoms with E-state index in [-0.39, 0.29) is 11.9 Å². The largest absolute Gasteiger partial charge is 0.378 e. The maximum Gasteiger partial charge on any atom is 0.146 e. The first-order valence-electron chi connectivity index (χ1n) is 5.60. The van der Waals surface area contributed by atoms with E-state index >= 15 is 0 Å². The summed E-state index contributed by atoms with van der Waals surface area (Å²) in [5.74, 6) is 2.69. The van der Waals surface area contributed by atoms with Crippen molar-refractivity contribution in [1.29, 1.82) is 0 Å². The molecule has 3 N–H and O–H groups in total. The van der Waals surface area contributed by atoms with Crippen molar-refractivity contribution in [2.45, 2.75) is 12.5 Å². The van der Waals surface area contributed by atoms with Gasteiger partial charge in [0.1, 0.15) is 5.82 Å². The second-order valence-corrected chi connectivity index (χ2v) is 5.24. The monoisotopic (exact) mass is 240 g/mol. The van der Waals surface area contributed by atoms with Gasteiger partial charge >= 0.3 is 0 Å². The van der Waals surface area contributed by atoms with Gasteiger partial charge < -0.3 is 11.1 Å². The standard InChI is InChI=1S/C12H17FN2S/c13-10-3-1-2-4-11(10)15-12(7-14)9-5-6-16-8-9/h1-4,9,12,15H,5-8,14H2. The highest BCUT2D eigenvalue weighted by Crippen LogP contribution is 2.28. The second kappa shape index (κ2) is 5.55. The van der Waals surface area contributed by atoms with Crippen LogP contribution >= 0.6 is 11.8 Å². The number of para-hydroxylation sites is 1. The number of rotatable bonds is 4. The van der Waals surface area contributed by atoms with Crippen molar-refractivity contribution >= 4 is 17.4 Å². The van der Waals surface area contributed by atoms with E-state index in [1.54, 1.807) is 12.1 Å². The predicted octanol–water partition coefficient (Wildman–Crippen LogP) is 2.32. The maximum absolute atomic E-state index is 13.5. The second-order valence-electron chi connectivity index (χ2n) is 4.09. The molecule has 2 rings (SSSR count). The SMILES string of the molecule is NCC(Nc1ccccc1F)C1CCSC1. The number of nitrogens with one attached hydrogen (secondary N) is 1. The lowest BCUT2D eigenvalue weighted by atomic mass is 9.99. The Morgan fingerprint density at radius 2 is 2.31 bits per heavy atom. The van der Waals surface area contributed by atoms with Gasteiger partial charge in [-0.25, -0.2) is 4.39 Å². The lowest BCUT2D eigenvalue weighted by Crippen LogP contribution is -2.36. The van der Waals surface area contributed by atoms with Crippen LogP contribution in [-0.4, -0.2) is 24.1 Å². The summed E-state index contributed by atoms with van der Waals surface area (Å²) in [4.78, 5) is 0. The minimum absolute atomic E-state index is 0.187. The van der Waals surface area contributed by atoms with Crippen molar-refractivity contribution in [2.24, 2.45) is 11.7 Å². The third-order valence-electron chi connectivity index (χ3n) is 3.00. The summed E-state index contributed by atoms with van der Waals surface area (Å²) in [5.41, 5.74) is 6.32. The maximum atomic E-state index is 13.5. The number of nitrogens with two attached hydrogens (primary N) is 1. The molecular formula is C12H17FN2S. The molecule has 1 aliphatic heterocycles. The molecule has 1 aliphatic rings. The van der Waals surface area contributed by atoms with E-state index in [1.807, 2.05) is 17.8 Å². The third kappa shape index (κ3) is 2.68. The van der Waals surface area contributed by atoms with E-state index in [9.17, 15) is 4.39 Å². The fraction of sp³-hybridized carbons (Fsp3) is 0.500. The van der Waals surface area contributed by atoms with Crippen LogP contribution in [0.5, 0.6) is 0 Å². The first kappa shape index (κ1) is 11.7. The molecule has 1 fully saturated rings. The normalized spacial score (nSPS) is 22.0. The predicted molar refractivity (Wildman–Crippen MR) is 68.3 cm³/mol. The Morgan fingerprint density at radius 1 is 1.50 bits per heavy atom. The highest BCUT2D eigenvalue weighted by atomic mass is 32.2. The molecule has 4 heteroatoms. The molecule has 0 saturated carbocycles. The molecule has 1 saturated heterocycles. The molecule has 0 radical (unpaired) electrons. The van der Waals surface area contributed by atoms with Crippen LogP contribution in [0.3, 0.4) is 0 Å². The molecule has 1 aromatic carbocycles. The van der Waals surface area contributed by atoms with Crippen LogP contribution in [0.15, 0.2) is 24.3 Å². The first-order chi connectivity index (χ1) is 7.81. The molecule has 2 atom stereocenters. The van der Waals surface area contributed by atoms with E-state index in [4.69, 9.17) is 5.73 Å². The summed E-state index contributed by atoms with van der Waals surface area (Å²) in [6.45, 7) is 0.555. The van der Waals surface area contributed by atoms with Crippen molar-refractivity contribution in [3.05, 3.63) is 30.1 Å². The van der Waals surface area contributed by atoms with Crippen LogP contribution in [0.2, 0.25) is 0 Å². The van der Waals surface area contributed by atoms with Crippen molar-refractivity contribution in [3.8, 4) is 0 Å². The molecule has 0 aromatic heterocycles. The Bertz CT molecular complexity index is 340. The quantitative estimate of drug-likeness (QED) is 0.848. The van der Waals surface area contributed by atoms with Crippen molar-refractivity contribution < 1.29 is 4.39 Å². The highest BCUT2D eigenvalue weighted by Gasteiger charge is 2.24. The van der Waals surface area contributed by atoms with E-state index in [0.717, 1.165) is 5.75 Å². The fourth-order valence-electron chi connectivity index (χ4n) is 2.02. The topological polar surface area (TPSA) is 38.0 Å². The minimum Gasteiger partial charge on any atom is -0.378 e. The molecule has 2 unspecified atom stereocenters. The molecule has 0 amide bonds. The Balaban J connectivity index is 2.03. The van der Waals surface area contributed by atoms with Crippen molar-refractivity contribution in [1.82, 2.24) is 0 Å². The van der Waals surface area contributed by atoms with E-state index in [1.165, 1.54) is 18.2 Å². The van der Waals surface area contributed by atoms with Crippen molar-refractivity contribution in [3.63, 3.8) is 0 Å². The average molecular weight is 240 g/mol. The van der Waals surface area contributed by atoms with Crippen LogP contribution in [0.1, 0.15) is 6.42 Å². The van der Waals surface area contributed by atoms with E-state index in [2.05, 4.69) is 5.32 Å². The van der Waals surface area contributed by atoms with Crippen LogP contribution in [0.25, 0.3) is 0 Å². The van der Waals surface area contributed by atoms with Gasteiger partial charge in [0.15, 0.2) is 0 Å². The number of hydrogen-bond donors (Lipinski definition) is 2. The van der Waals surface area contributed by atoms with Gasteiger partial charge in [-0.1, -0.05) is 12.1 Å². The molecule has 0 spiro atoms. The summed E-state index contributed by atoms with van der Waals surface area (Å²) < 4.78 is 13.5. The van der Waals surface area contributed by atoms with E-state index < -0.39 is 0 Å². The first-order valence-corrected chi connectivity index (χ1v) is 6.75. The number of thioether (sulfide) groups is 1. The average Bonchev–Trinajstić information content (AvgIpc) is 2.81. The Hall–Kier alpha value is -0.740. The number of benzene rings is 1. The van der Waals surface area contributed by atoms with Gasteiger partial charge in [0.2, 0.25) is 0 Å². The summed E-state index contributed by atoms with van der Waals surface area (Å²) in [5, 5.41) is 3.23. The molecule has 0 bridgehead atoms. The van der Waals surface area contributed by atoms with Gasteiger partial charge in [0, 0.05) is 12.6 Å². The summed E-state index contributed by atoms with van der Waals surface area (Å²) in [7, 11) is 0. The lowest BCUT2D eigenvalue weighted by molar-refractivity contribution is 0.496. The number of hydrogen-bond acceptors (Lipinski definition) is 3. The minimum atomic E-state index is -0.202. The van der Waals surface area contributed by atoms with Crippen LogP contribution < -0.4 is 11.1 Å². The van der Waals surface area contributed by atoms with Gasteiger partial charge in [-0.3, -0.25) is 0 Å². The molecule has 0 aliphatic carbocycles. The number of halogens is 1. The third-order valence-corrected chi connectivity index (χ3v) is 4.19. The molecular weight excluding hydrogens is 223 g/mol. The highest BCUT2D eigenvalue weighted by molar-refractivity contribution is 7.99. The Kier molecular flexibility index (Phi) is 4.07. The van der Waals surface area contributed by atoms with Crippen molar-refractivity contribution in [2.75, 3.05) is 23.4 Å². The zero-order valence-electron chi connectivity index (χ0n) is 9.16. The zero-order chi connectivity index (χ0) is 11.4. The van der Waals surface area contributed by atoms with Gasteiger partial charge in [0.25, 0.3) is 0 Å². The molecule has 88 valence electrons. The Morgan fingerprint density at radius 3 is 2.94 bits per heavy atom. The zero-order valence-corrected chi connectivity index (χ0v) is 9.97. The van der Waals surface area contributed by atoms with Crippen LogP contribution in [0.4, 0.5) is 10.1 Å². The fourth-order valence-corrected chi connectivity index (χ4v) is 3.36. The van der Waals surface area contributed by atoms with Crippen LogP contribution in [0, 0.1) is 11.7 Å². The van der Waals surface area contributed by atoms with Gasteiger partial charge in [-0.15, -0.1) is 0 Å². The molecule has 1 heterocycles. The Labute approximate surface area is 99.8 Å². The lowest BCUT2D eigenvalue weighted by Gasteiger charge is -2.24. The van der Waals surface area contributed by atoms with Gasteiger partial charge in [-0.05, 0) is 36.0 Å². The van der Waals surface area contributed by atoms with Gasteiger partial charge in [-0.2, -0.15) is 11.8 Å². The summed E-state index contributed by atoms with van der Waals surface area (Å²) in [6.07, 6.45) is 1.17. The number of anilines is 1. The molecule has 1 aromatic rings. The summed E-state index contributed by atoms with van der Waals surface area (Å²) >= 11 is 1.95. The van der Waals surface area contributed by atoms with Crippen LogP contribution in [-0.2, 0) is 0 Å². The summed E-state index contributed by atoms with van der Waals surface area (Å²) in [6, 6.07) is 6.96. The smallest absolute Gasteiger partial charge is 0.146 e. The molecule has 16 heavy (non-hydrogen) atoms. The van der Waals surface area contributed by atoms with E-state index in [0.29, 0.717) is 18.2 Å². The van der Waals surface area contributed by atoms with Gasteiger partial charge in [0.05, 0.1) is 5.69 Å².